The zero-order valence-corrected chi connectivity index (χ0v) is 13.1. The van der Waals surface area contributed by atoms with Crippen molar-refractivity contribution < 1.29 is 0 Å². The van der Waals surface area contributed by atoms with Crippen LogP contribution in [-0.4, -0.2) is 30.1 Å². The summed E-state index contributed by atoms with van der Waals surface area (Å²) in [6.45, 7) is 8.15. The Morgan fingerprint density at radius 1 is 1.25 bits per heavy atom. The lowest BCUT2D eigenvalue weighted by molar-refractivity contribution is 0.313. The number of hydrogen-bond acceptors (Lipinski definition) is 2. The van der Waals surface area contributed by atoms with Crippen molar-refractivity contribution in [2.24, 2.45) is 0 Å². The largest absolute Gasteiger partial charge is 0.310 e. The lowest BCUT2D eigenvalue weighted by Gasteiger charge is -2.20. The summed E-state index contributed by atoms with van der Waals surface area (Å²) in [4.78, 5) is 2.58. The molecule has 1 aliphatic heterocycles. The highest BCUT2D eigenvalue weighted by atomic mass is 15.2. The van der Waals surface area contributed by atoms with Gasteiger partial charge in [0.2, 0.25) is 0 Å². The van der Waals surface area contributed by atoms with E-state index in [-0.39, 0.29) is 0 Å². The van der Waals surface area contributed by atoms with Crippen molar-refractivity contribution in [1.29, 1.82) is 0 Å². The molecule has 0 saturated carbocycles. The molecule has 1 aromatic rings. The van der Waals surface area contributed by atoms with Gasteiger partial charge in [-0.1, -0.05) is 56.5 Å². The molecule has 1 aliphatic rings. The van der Waals surface area contributed by atoms with Gasteiger partial charge in [-0.15, -0.1) is 0 Å². The first-order valence-electron chi connectivity index (χ1n) is 8.30. The van der Waals surface area contributed by atoms with Gasteiger partial charge >= 0.3 is 0 Å². The Morgan fingerprint density at radius 2 is 2.05 bits per heavy atom. The topological polar surface area (TPSA) is 15.3 Å². The van der Waals surface area contributed by atoms with E-state index < -0.39 is 0 Å². The second-order valence-electron chi connectivity index (χ2n) is 6.27. The highest BCUT2D eigenvalue weighted by molar-refractivity contribution is 5.14. The van der Waals surface area contributed by atoms with Crippen molar-refractivity contribution in [2.75, 3.05) is 13.1 Å². The molecule has 0 spiro atoms. The third-order valence-electron chi connectivity index (χ3n) is 4.28. The van der Waals surface area contributed by atoms with E-state index in [1.165, 1.54) is 50.8 Å². The Kier molecular flexibility index (Phi) is 6.55. The van der Waals surface area contributed by atoms with Crippen LogP contribution < -0.4 is 5.32 Å². The molecule has 0 amide bonds. The minimum atomic E-state index is 0.670. The van der Waals surface area contributed by atoms with E-state index in [4.69, 9.17) is 0 Å². The lowest BCUT2D eigenvalue weighted by Crippen LogP contribution is -2.38. The molecule has 1 heterocycles. The van der Waals surface area contributed by atoms with Gasteiger partial charge in [-0.05, 0) is 25.3 Å². The van der Waals surface area contributed by atoms with Crippen LogP contribution in [0.25, 0.3) is 0 Å². The van der Waals surface area contributed by atoms with Crippen LogP contribution >= 0.6 is 0 Å². The van der Waals surface area contributed by atoms with E-state index in [9.17, 15) is 0 Å². The Labute approximate surface area is 124 Å². The molecule has 1 aromatic carbocycles. The fraction of sp³-hybridized carbons (Fsp3) is 0.667. The van der Waals surface area contributed by atoms with Gasteiger partial charge < -0.3 is 5.32 Å². The smallest absolute Gasteiger partial charge is 0.0234 e. The maximum Gasteiger partial charge on any atom is 0.0234 e. The molecule has 20 heavy (non-hydrogen) atoms. The molecule has 2 atom stereocenters. The van der Waals surface area contributed by atoms with E-state index >= 15 is 0 Å². The number of nitrogens with one attached hydrogen (secondary N) is 1. The molecule has 1 fully saturated rings. The molecular formula is C18H30N2. The zero-order chi connectivity index (χ0) is 14.2. The third kappa shape index (κ3) is 5.26. The summed E-state index contributed by atoms with van der Waals surface area (Å²) in [6.07, 6.45) is 6.68. The van der Waals surface area contributed by atoms with Crippen LogP contribution in [0.4, 0.5) is 0 Å². The molecule has 0 aromatic heterocycles. The van der Waals surface area contributed by atoms with E-state index in [2.05, 4.69) is 54.4 Å². The fourth-order valence-corrected chi connectivity index (χ4v) is 3.14. The van der Waals surface area contributed by atoms with Crippen LogP contribution in [0.2, 0.25) is 0 Å². The predicted octanol–water partition coefficient (Wildman–Crippen LogP) is 3.82. The van der Waals surface area contributed by atoms with Crippen LogP contribution in [0, 0.1) is 0 Å². The van der Waals surface area contributed by atoms with Gasteiger partial charge in [0.1, 0.15) is 0 Å². The molecule has 1 saturated heterocycles. The first-order valence-corrected chi connectivity index (χ1v) is 8.30. The normalized spacial score (nSPS) is 21.2. The van der Waals surface area contributed by atoms with Gasteiger partial charge in [0.05, 0.1) is 0 Å². The Hall–Kier alpha value is -0.860. The molecule has 2 rings (SSSR count). The molecule has 112 valence electrons. The number of rotatable bonds is 8. The fourth-order valence-electron chi connectivity index (χ4n) is 3.14. The first-order chi connectivity index (χ1) is 9.78. The molecule has 0 aliphatic carbocycles. The van der Waals surface area contributed by atoms with E-state index in [1.54, 1.807) is 0 Å². The summed E-state index contributed by atoms with van der Waals surface area (Å²) in [5, 5.41) is 3.81. The van der Waals surface area contributed by atoms with Crippen LogP contribution in [0.1, 0.15) is 51.5 Å². The molecule has 0 radical (unpaired) electrons. The molecule has 1 N–H and O–H groups in total. The summed E-state index contributed by atoms with van der Waals surface area (Å²) in [7, 11) is 0. The summed E-state index contributed by atoms with van der Waals surface area (Å²) in [5.41, 5.74) is 1.43. The maximum atomic E-state index is 3.81. The van der Waals surface area contributed by atoms with Crippen LogP contribution in [0.15, 0.2) is 30.3 Å². The van der Waals surface area contributed by atoms with Crippen LogP contribution in [-0.2, 0) is 6.54 Å². The third-order valence-corrected chi connectivity index (χ3v) is 4.28. The average molecular weight is 274 g/mol. The van der Waals surface area contributed by atoms with Gasteiger partial charge in [0, 0.05) is 31.7 Å². The SMILES string of the molecule is CCCCCC(C)NC1CCN(Cc2ccccc2)C1. The number of benzene rings is 1. The molecule has 2 nitrogen and oxygen atoms in total. The second kappa shape index (κ2) is 8.43. The standard InChI is InChI=1S/C18H30N2/c1-3-4-6-9-16(2)19-18-12-13-20(15-18)14-17-10-7-5-8-11-17/h5,7-8,10-11,16,18-19H,3-4,6,9,12-15H2,1-2H3. The minimum absolute atomic E-state index is 0.670. The van der Waals surface area contributed by atoms with Crippen molar-refractivity contribution in [1.82, 2.24) is 10.2 Å². The maximum absolute atomic E-state index is 3.81. The Bertz CT molecular complexity index is 363. The van der Waals surface area contributed by atoms with E-state index in [0.29, 0.717) is 12.1 Å². The molecular weight excluding hydrogens is 244 g/mol. The zero-order valence-electron chi connectivity index (χ0n) is 13.1. The number of nitrogens with zero attached hydrogens (tertiary/aromatic N) is 1. The molecule has 2 heteroatoms. The quantitative estimate of drug-likeness (QED) is 0.725. The van der Waals surface area contributed by atoms with Gasteiger partial charge in [0.15, 0.2) is 0 Å². The first kappa shape index (κ1) is 15.5. The Balaban J connectivity index is 1.67. The summed E-state index contributed by atoms with van der Waals surface area (Å²) >= 11 is 0. The van der Waals surface area contributed by atoms with Gasteiger partial charge in [-0.25, -0.2) is 0 Å². The monoisotopic (exact) mass is 274 g/mol. The molecule has 0 bridgehead atoms. The summed E-state index contributed by atoms with van der Waals surface area (Å²) in [6, 6.07) is 12.2. The van der Waals surface area contributed by atoms with E-state index in [0.717, 1.165) is 6.54 Å². The molecule has 2 unspecified atom stereocenters. The highest BCUT2D eigenvalue weighted by Crippen LogP contribution is 2.14. The van der Waals surface area contributed by atoms with Crippen molar-refractivity contribution in [2.45, 2.75) is 64.6 Å². The minimum Gasteiger partial charge on any atom is -0.310 e. The summed E-state index contributed by atoms with van der Waals surface area (Å²) < 4.78 is 0. The number of likely N-dealkylation sites (tertiary alicyclic amines) is 1. The van der Waals surface area contributed by atoms with E-state index in [1.807, 2.05) is 0 Å². The summed E-state index contributed by atoms with van der Waals surface area (Å²) in [5.74, 6) is 0. The van der Waals surface area contributed by atoms with Crippen molar-refractivity contribution in [3.63, 3.8) is 0 Å². The van der Waals surface area contributed by atoms with Gasteiger partial charge in [-0.2, -0.15) is 0 Å². The van der Waals surface area contributed by atoms with Crippen LogP contribution in [0.3, 0.4) is 0 Å². The average Bonchev–Trinajstić information content (AvgIpc) is 2.87. The van der Waals surface area contributed by atoms with Crippen molar-refractivity contribution >= 4 is 0 Å². The Morgan fingerprint density at radius 3 is 2.80 bits per heavy atom. The lowest BCUT2D eigenvalue weighted by atomic mass is 10.1. The van der Waals surface area contributed by atoms with Gasteiger partial charge in [-0.3, -0.25) is 4.90 Å². The second-order valence-corrected chi connectivity index (χ2v) is 6.27. The highest BCUT2D eigenvalue weighted by Gasteiger charge is 2.23. The number of hydrogen-bond donors (Lipinski definition) is 1. The van der Waals surface area contributed by atoms with Crippen molar-refractivity contribution in [3.8, 4) is 0 Å². The van der Waals surface area contributed by atoms with Gasteiger partial charge in [0.25, 0.3) is 0 Å². The van der Waals surface area contributed by atoms with Crippen LogP contribution in [0.5, 0.6) is 0 Å². The predicted molar refractivity (Wildman–Crippen MR) is 86.9 cm³/mol. The van der Waals surface area contributed by atoms with Crippen molar-refractivity contribution in [3.05, 3.63) is 35.9 Å². The number of unbranched alkanes of at least 4 members (excludes halogenated alkanes) is 2.